The van der Waals surface area contributed by atoms with Gasteiger partial charge in [0.15, 0.2) is 17.5 Å². The largest absolute Gasteiger partial charge is 0.324 e. The molecule has 0 bridgehead atoms. The molecule has 0 fully saturated rings. The van der Waals surface area contributed by atoms with Gasteiger partial charge in [-0.15, -0.1) is 0 Å². The summed E-state index contributed by atoms with van der Waals surface area (Å²) >= 11 is 11.7. The lowest BCUT2D eigenvalue weighted by atomic mass is 10.2. The molecule has 0 aliphatic heterocycles. The zero-order valence-corrected chi connectivity index (χ0v) is 13.3. The lowest BCUT2D eigenvalue weighted by Crippen LogP contribution is -2.22. The second-order valence-electron chi connectivity index (χ2n) is 4.60. The van der Waals surface area contributed by atoms with E-state index in [0.717, 1.165) is 6.07 Å². The summed E-state index contributed by atoms with van der Waals surface area (Å²) < 4.78 is 39.3. The van der Waals surface area contributed by atoms with E-state index in [0.29, 0.717) is 6.07 Å². The maximum Gasteiger partial charge on any atom is 0.233 e. The van der Waals surface area contributed by atoms with Crippen molar-refractivity contribution in [2.45, 2.75) is 6.42 Å². The van der Waals surface area contributed by atoms with Crippen molar-refractivity contribution in [3.05, 3.63) is 57.8 Å². The SMILES string of the molecule is O=C(CC(=O)Nc1cccc(Cl)c1Cl)Nc1ccc(F)c(F)c1F. The van der Waals surface area contributed by atoms with Gasteiger partial charge in [-0.1, -0.05) is 29.3 Å². The second kappa shape index (κ2) is 7.55. The summed E-state index contributed by atoms with van der Waals surface area (Å²) in [5.74, 6) is -6.33. The number of benzene rings is 2. The van der Waals surface area contributed by atoms with Gasteiger partial charge in [-0.3, -0.25) is 9.59 Å². The lowest BCUT2D eigenvalue weighted by molar-refractivity contribution is -0.123. The number of hydrogen-bond acceptors (Lipinski definition) is 2. The Kier molecular flexibility index (Phi) is 5.69. The lowest BCUT2D eigenvalue weighted by Gasteiger charge is -2.09. The minimum Gasteiger partial charge on any atom is -0.324 e. The van der Waals surface area contributed by atoms with Gasteiger partial charge in [-0.2, -0.15) is 0 Å². The summed E-state index contributed by atoms with van der Waals surface area (Å²) in [5.41, 5.74) is -0.381. The van der Waals surface area contributed by atoms with Crippen molar-refractivity contribution in [2.75, 3.05) is 10.6 Å². The molecule has 24 heavy (non-hydrogen) atoms. The monoisotopic (exact) mass is 376 g/mol. The van der Waals surface area contributed by atoms with Gasteiger partial charge in [0, 0.05) is 0 Å². The highest BCUT2D eigenvalue weighted by Crippen LogP contribution is 2.29. The number of nitrogens with one attached hydrogen (secondary N) is 2. The van der Waals surface area contributed by atoms with Crippen LogP contribution in [0.25, 0.3) is 0 Å². The third kappa shape index (κ3) is 4.18. The molecule has 0 aliphatic rings. The summed E-state index contributed by atoms with van der Waals surface area (Å²) in [5, 5.41) is 4.65. The molecule has 0 saturated heterocycles. The van der Waals surface area contributed by atoms with Gasteiger partial charge in [0.2, 0.25) is 11.8 Å². The number of rotatable bonds is 4. The molecule has 0 aromatic heterocycles. The zero-order chi connectivity index (χ0) is 17.9. The van der Waals surface area contributed by atoms with Gasteiger partial charge in [0.05, 0.1) is 21.4 Å². The summed E-state index contributed by atoms with van der Waals surface area (Å²) in [6, 6.07) is 6.02. The molecular formula is C15H9Cl2F3N2O2. The Morgan fingerprint density at radius 2 is 1.50 bits per heavy atom. The minimum absolute atomic E-state index is 0.0968. The van der Waals surface area contributed by atoms with E-state index >= 15 is 0 Å². The Labute approximate surface area is 144 Å². The van der Waals surface area contributed by atoms with Crippen molar-refractivity contribution in [3.8, 4) is 0 Å². The highest BCUT2D eigenvalue weighted by Gasteiger charge is 2.17. The molecular weight excluding hydrogens is 368 g/mol. The Bertz CT molecular complexity index is 816. The Hall–Kier alpha value is -2.25. The van der Waals surface area contributed by atoms with Crippen molar-refractivity contribution in [1.29, 1.82) is 0 Å². The number of halogens is 5. The first kappa shape index (κ1) is 18.1. The van der Waals surface area contributed by atoms with Crippen LogP contribution in [0.1, 0.15) is 6.42 Å². The maximum absolute atomic E-state index is 13.4. The van der Waals surface area contributed by atoms with Gasteiger partial charge >= 0.3 is 0 Å². The van der Waals surface area contributed by atoms with E-state index in [2.05, 4.69) is 5.32 Å². The molecule has 2 aromatic rings. The summed E-state index contributed by atoms with van der Waals surface area (Å²) in [6.07, 6.45) is -0.693. The molecule has 0 aliphatic carbocycles. The zero-order valence-electron chi connectivity index (χ0n) is 11.8. The summed E-state index contributed by atoms with van der Waals surface area (Å²) in [4.78, 5) is 23.5. The van der Waals surface area contributed by atoms with E-state index in [-0.39, 0.29) is 15.7 Å². The highest BCUT2D eigenvalue weighted by atomic mass is 35.5. The van der Waals surface area contributed by atoms with Gasteiger partial charge in [0.1, 0.15) is 6.42 Å². The molecule has 126 valence electrons. The van der Waals surface area contributed by atoms with E-state index in [1.807, 2.05) is 5.32 Å². The molecule has 2 rings (SSSR count). The Balaban J connectivity index is 2.01. The van der Waals surface area contributed by atoms with Crippen LogP contribution < -0.4 is 10.6 Å². The molecule has 0 spiro atoms. The molecule has 0 saturated carbocycles. The van der Waals surface area contributed by atoms with Gasteiger partial charge in [-0.05, 0) is 24.3 Å². The Morgan fingerprint density at radius 3 is 2.17 bits per heavy atom. The summed E-state index contributed by atoms with van der Waals surface area (Å²) in [6.45, 7) is 0. The first-order valence-corrected chi connectivity index (χ1v) is 7.22. The number of hydrogen-bond donors (Lipinski definition) is 2. The highest BCUT2D eigenvalue weighted by molar-refractivity contribution is 6.44. The van der Waals surface area contributed by atoms with Crippen LogP contribution in [-0.4, -0.2) is 11.8 Å². The van der Waals surface area contributed by atoms with E-state index in [1.165, 1.54) is 12.1 Å². The molecule has 9 heteroatoms. The molecule has 2 amide bonds. The third-order valence-electron chi connectivity index (χ3n) is 2.86. The van der Waals surface area contributed by atoms with E-state index in [4.69, 9.17) is 23.2 Å². The smallest absolute Gasteiger partial charge is 0.233 e. The van der Waals surface area contributed by atoms with Gasteiger partial charge in [-0.25, -0.2) is 13.2 Å². The van der Waals surface area contributed by atoms with Crippen LogP contribution in [0.2, 0.25) is 10.0 Å². The van der Waals surface area contributed by atoms with Crippen molar-refractivity contribution in [2.24, 2.45) is 0 Å². The van der Waals surface area contributed by atoms with Crippen LogP contribution in [0.3, 0.4) is 0 Å². The molecule has 0 unspecified atom stereocenters. The van der Waals surface area contributed by atoms with E-state index < -0.39 is 41.4 Å². The first-order chi connectivity index (χ1) is 11.3. The number of anilines is 2. The van der Waals surface area contributed by atoms with Gasteiger partial charge < -0.3 is 10.6 Å². The third-order valence-corrected chi connectivity index (χ3v) is 3.67. The first-order valence-electron chi connectivity index (χ1n) is 6.46. The average molecular weight is 377 g/mol. The van der Waals surface area contributed by atoms with Crippen molar-refractivity contribution in [1.82, 2.24) is 0 Å². The van der Waals surface area contributed by atoms with Crippen molar-refractivity contribution in [3.63, 3.8) is 0 Å². The standard InChI is InChI=1S/C15H9Cl2F3N2O2/c16-7-2-1-3-9(13(7)17)21-11(23)6-12(24)22-10-5-4-8(18)14(19)15(10)20/h1-5H,6H2,(H,21,23)(H,22,24). The molecule has 2 aromatic carbocycles. The predicted molar refractivity (Wildman–Crippen MR) is 84.7 cm³/mol. The number of carbonyl (C=O) groups is 2. The molecule has 2 N–H and O–H groups in total. The quantitative estimate of drug-likeness (QED) is 0.614. The minimum atomic E-state index is -1.72. The topological polar surface area (TPSA) is 58.2 Å². The van der Waals surface area contributed by atoms with Crippen LogP contribution in [-0.2, 0) is 9.59 Å². The van der Waals surface area contributed by atoms with Gasteiger partial charge in [0.25, 0.3) is 0 Å². The Morgan fingerprint density at radius 1 is 0.875 bits per heavy atom. The van der Waals surface area contributed by atoms with Crippen LogP contribution in [0.5, 0.6) is 0 Å². The predicted octanol–water partition coefficient (Wildman–Crippen LogP) is 4.38. The number of carbonyl (C=O) groups excluding carboxylic acids is 2. The van der Waals surface area contributed by atoms with Crippen LogP contribution in [0, 0.1) is 17.5 Å². The maximum atomic E-state index is 13.4. The van der Waals surface area contributed by atoms with Crippen molar-refractivity contribution < 1.29 is 22.8 Å². The fraction of sp³-hybridized carbons (Fsp3) is 0.0667. The molecule has 0 atom stereocenters. The fourth-order valence-electron chi connectivity index (χ4n) is 1.76. The van der Waals surface area contributed by atoms with Crippen molar-refractivity contribution >= 4 is 46.4 Å². The fourth-order valence-corrected chi connectivity index (χ4v) is 2.11. The van der Waals surface area contributed by atoms with Crippen LogP contribution in [0.15, 0.2) is 30.3 Å². The number of amides is 2. The van der Waals surface area contributed by atoms with E-state index in [1.54, 1.807) is 6.07 Å². The normalized spacial score (nSPS) is 10.4. The second-order valence-corrected chi connectivity index (χ2v) is 5.38. The van der Waals surface area contributed by atoms with Crippen LogP contribution >= 0.6 is 23.2 Å². The average Bonchev–Trinajstić information content (AvgIpc) is 2.52. The summed E-state index contributed by atoms with van der Waals surface area (Å²) in [7, 11) is 0. The van der Waals surface area contributed by atoms with Crippen LogP contribution in [0.4, 0.5) is 24.5 Å². The van der Waals surface area contributed by atoms with E-state index in [9.17, 15) is 22.8 Å². The molecule has 0 heterocycles. The molecule has 4 nitrogen and oxygen atoms in total. The molecule has 0 radical (unpaired) electrons.